The van der Waals surface area contributed by atoms with Crippen molar-refractivity contribution in [2.45, 2.75) is 0 Å². The van der Waals surface area contributed by atoms with Gasteiger partial charge in [0.25, 0.3) is 6.08 Å². The molecule has 1 aromatic carbocycles. The van der Waals surface area contributed by atoms with Gasteiger partial charge in [-0.05, 0) is 17.0 Å². The second-order valence-electron chi connectivity index (χ2n) is 2.98. The summed E-state index contributed by atoms with van der Waals surface area (Å²) in [7, 11) is 0. The molecule has 76 valence electrons. The summed E-state index contributed by atoms with van der Waals surface area (Å²) in [5.41, 5.74) is 0.588. The average Bonchev–Trinajstić information content (AvgIpc) is 2.72. The van der Waals surface area contributed by atoms with E-state index in [-0.39, 0.29) is 5.57 Å². The topological polar surface area (TPSA) is 0 Å². The third-order valence-corrected chi connectivity index (χ3v) is 2.91. The highest BCUT2D eigenvalue weighted by Gasteiger charge is 2.12. The molecule has 0 atom stereocenters. The number of halogens is 2. The van der Waals surface area contributed by atoms with Gasteiger partial charge in [-0.3, -0.25) is 0 Å². The molecular weight excluding hydrogens is 214 g/mol. The van der Waals surface area contributed by atoms with Crippen molar-refractivity contribution in [1.82, 2.24) is 0 Å². The lowest BCUT2D eigenvalue weighted by Crippen LogP contribution is -1.85. The molecule has 0 radical (unpaired) electrons. The molecule has 0 saturated carbocycles. The number of hydrogen-bond acceptors (Lipinski definition) is 1. The van der Waals surface area contributed by atoms with Gasteiger partial charge < -0.3 is 0 Å². The quantitative estimate of drug-likeness (QED) is 0.706. The number of rotatable bonds is 2. The maximum Gasteiger partial charge on any atom is 0.279 e. The Morgan fingerprint density at radius 3 is 2.20 bits per heavy atom. The Hall–Kier alpha value is -1.48. The van der Waals surface area contributed by atoms with Crippen LogP contribution in [-0.2, 0) is 0 Å². The van der Waals surface area contributed by atoms with Gasteiger partial charge in [0.05, 0.1) is 5.57 Å². The van der Waals surface area contributed by atoms with Crippen molar-refractivity contribution in [2.24, 2.45) is 0 Å². The maximum atomic E-state index is 12.8. The first kappa shape index (κ1) is 10.1. The molecule has 0 spiro atoms. The lowest BCUT2D eigenvalue weighted by atomic mass is 10.1. The lowest BCUT2D eigenvalue weighted by Gasteiger charge is -2.03. The molecular formula is C12H8F2S. The Bertz CT molecular complexity index is 454. The number of thiophene rings is 1. The molecule has 0 unspecified atom stereocenters. The minimum atomic E-state index is -1.64. The normalized spacial score (nSPS) is 10.0. The number of benzene rings is 1. The SMILES string of the molecule is FC(F)=C(c1ccccc1)c1cccs1. The van der Waals surface area contributed by atoms with Crippen LogP contribution in [-0.4, -0.2) is 0 Å². The average molecular weight is 222 g/mol. The van der Waals surface area contributed by atoms with Crippen LogP contribution in [0.2, 0.25) is 0 Å². The van der Waals surface area contributed by atoms with Crippen molar-refractivity contribution < 1.29 is 8.78 Å². The molecule has 1 aromatic heterocycles. The molecule has 2 rings (SSSR count). The highest BCUT2D eigenvalue weighted by atomic mass is 32.1. The van der Waals surface area contributed by atoms with E-state index >= 15 is 0 Å². The predicted octanol–water partition coefficient (Wildman–Crippen LogP) is 4.40. The zero-order valence-electron chi connectivity index (χ0n) is 7.78. The molecule has 0 fully saturated rings. The molecule has 0 aliphatic rings. The fourth-order valence-electron chi connectivity index (χ4n) is 1.37. The van der Waals surface area contributed by atoms with E-state index in [0.717, 1.165) is 0 Å². The summed E-state index contributed by atoms with van der Waals surface area (Å²) in [6.45, 7) is 0. The fraction of sp³-hybridized carbons (Fsp3) is 0. The van der Waals surface area contributed by atoms with Crippen LogP contribution >= 0.6 is 11.3 Å². The van der Waals surface area contributed by atoms with Crippen molar-refractivity contribution >= 4 is 16.9 Å². The highest BCUT2D eigenvalue weighted by Crippen LogP contribution is 2.31. The maximum absolute atomic E-state index is 12.8. The smallest absolute Gasteiger partial charge is 0.173 e. The van der Waals surface area contributed by atoms with Crippen molar-refractivity contribution in [3.63, 3.8) is 0 Å². The van der Waals surface area contributed by atoms with E-state index in [4.69, 9.17) is 0 Å². The fourth-order valence-corrected chi connectivity index (χ4v) is 2.14. The van der Waals surface area contributed by atoms with Crippen LogP contribution in [0.15, 0.2) is 53.9 Å². The van der Waals surface area contributed by atoms with E-state index in [0.29, 0.717) is 10.4 Å². The summed E-state index contributed by atoms with van der Waals surface area (Å²) >= 11 is 1.32. The minimum absolute atomic E-state index is 0.0330. The molecule has 0 amide bonds. The molecule has 15 heavy (non-hydrogen) atoms. The number of hydrogen-bond donors (Lipinski definition) is 0. The van der Waals surface area contributed by atoms with Gasteiger partial charge in [0.1, 0.15) is 0 Å². The van der Waals surface area contributed by atoms with Crippen LogP contribution in [0.5, 0.6) is 0 Å². The van der Waals surface area contributed by atoms with Crippen LogP contribution in [0.25, 0.3) is 5.57 Å². The molecule has 1 heterocycles. The van der Waals surface area contributed by atoms with Gasteiger partial charge in [-0.2, -0.15) is 8.78 Å². The van der Waals surface area contributed by atoms with Crippen molar-refractivity contribution in [3.05, 3.63) is 64.4 Å². The summed E-state index contributed by atoms with van der Waals surface area (Å²) in [5.74, 6) is 0. The van der Waals surface area contributed by atoms with Crippen LogP contribution < -0.4 is 0 Å². The van der Waals surface area contributed by atoms with Crippen molar-refractivity contribution in [2.75, 3.05) is 0 Å². The first-order chi connectivity index (χ1) is 7.29. The first-order valence-corrected chi connectivity index (χ1v) is 5.31. The third kappa shape index (κ3) is 2.13. The molecule has 3 heteroatoms. The van der Waals surface area contributed by atoms with E-state index in [1.807, 2.05) is 6.07 Å². The molecule has 0 nitrogen and oxygen atoms in total. The van der Waals surface area contributed by atoms with Gasteiger partial charge in [0.2, 0.25) is 0 Å². The molecule has 0 saturated heterocycles. The Kier molecular flexibility index (Phi) is 2.92. The summed E-state index contributed by atoms with van der Waals surface area (Å²) in [6, 6.07) is 12.2. The molecule has 2 aromatic rings. The van der Waals surface area contributed by atoms with Crippen LogP contribution in [0.3, 0.4) is 0 Å². The zero-order valence-corrected chi connectivity index (χ0v) is 8.60. The summed E-state index contributed by atoms with van der Waals surface area (Å²) in [4.78, 5) is 0.598. The second-order valence-corrected chi connectivity index (χ2v) is 3.93. The molecule has 0 N–H and O–H groups in total. The Balaban J connectivity index is 2.53. The van der Waals surface area contributed by atoms with Gasteiger partial charge >= 0.3 is 0 Å². The molecule has 0 aliphatic heterocycles. The van der Waals surface area contributed by atoms with Crippen molar-refractivity contribution in [3.8, 4) is 0 Å². The zero-order chi connectivity index (χ0) is 10.7. The Morgan fingerprint density at radius 1 is 0.933 bits per heavy atom. The monoisotopic (exact) mass is 222 g/mol. The van der Waals surface area contributed by atoms with E-state index in [2.05, 4.69) is 0 Å². The van der Waals surface area contributed by atoms with Crippen LogP contribution in [0, 0.1) is 0 Å². The predicted molar refractivity (Wildman–Crippen MR) is 59.0 cm³/mol. The Morgan fingerprint density at radius 2 is 1.67 bits per heavy atom. The summed E-state index contributed by atoms with van der Waals surface area (Å²) in [6.07, 6.45) is -1.64. The van der Waals surface area contributed by atoms with E-state index < -0.39 is 6.08 Å². The largest absolute Gasteiger partial charge is 0.279 e. The van der Waals surface area contributed by atoms with Gasteiger partial charge in [0.15, 0.2) is 0 Å². The van der Waals surface area contributed by atoms with E-state index in [1.165, 1.54) is 11.3 Å². The standard InChI is InChI=1S/C12H8F2S/c13-12(14)11(10-7-4-8-15-10)9-5-2-1-3-6-9/h1-8H. The Labute approximate surface area is 90.5 Å². The second kappa shape index (κ2) is 4.36. The molecule has 0 aliphatic carbocycles. The van der Waals surface area contributed by atoms with Gasteiger partial charge in [-0.25, -0.2) is 0 Å². The minimum Gasteiger partial charge on any atom is -0.173 e. The summed E-state index contributed by atoms with van der Waals surface area (Å²) in [5, 5.41) is 1.79. The summed E-state index contributed by atoms with van der Waals surface area (Å²) < 4.78 is 25.7. The molecule has 0 bridgehead atoms. The first-order valence-electron chi connectivity index (χ1n) is 4.43. The van der Waals surface area contributed by atoms with E-state index in [1.54, 1.807) is 41.8 Å². The lowest BCUT2D eigenvalue weighted by molar-refractivity contribution is 0.426. The van der Waals surface area contributed by atoms with Crippen LogP contribution in [0.4, 0.5) is 8.78 Å². The van der Waals surface area contributed by atoms with Gasteiger partial charge in [-0.15, -0.1) is 11.3 Å². The highest BCUT2D eigenvalue weighted by molar-refractivity contribution is 7.11. The third-order valence-electron chi connectivity index (χ3n) is 2.02. The van der Waals surface area contributed by atoms with Crippen LogP contribution in [0.1, 0.15) is 10.4 Å². The van der Waals surface area contributed by atoms with Crippen molar-refractivity contribution in [1.29, 1.82) is 0 Å². The van der Waals surface area contributed by atoms with E-state index in [9.17, 15) is 8.78 Å². The van der Waals surface area contributed by atoms with Gasteiger partial charge in [0, 0.05) is 4.88 Å². The van der Waals surface area contributed by atoms with Gasteiger partial charge in [-0.1, -0.05) is 36.4 Å².